The third-order valence-corrected chi connectivity index (χ3v) is 9.70. The summed E-state index contributed by atoms with van der Waals surface area (Å²) in [6, 6.07) is 0. The number of phosphoric acid groups is 2. The fraction of sp³-hybridized carbons (Fsp3) is 0.542. The maximum atomic E-state index is 12.5. The Morgan fingerprint density at radius 1 is 1.06 bits per heavy atom. The van der Waals surface area contributed by atoms with Crippen LogP contribution < -0.4 is 16.8 Å². The smallest absolute Gasteiger partial charge is 0.387 e. The Hall–Kier alpha value is -3.05. The number of phosphoric ester groups is 2. The van der Waals surface area contributed by atoms with Gasteiger partial charge < -0.3 is 56.5 Å². The molecule has 24 heteroatoms. The Morgan fingerprint density at radius 2 is 1.69 bits per heavy atom. The van der Waals surface area contributed by atoms with E-state index in [1.165, 1.54) is 42.5 Å². The van der Waals surface area contributed by atoms with Gasteiger partial charge in [0.15, 0.2) is 35.5 Å². The zero-order valence-corrected chi connectivity index (χ0v) is 27.1. The van der Waals surface area contributed by atoms with Gasteiger partial charge in [-0.15, -0.1) is 0 Å². The van der Waals surface area contributed by atoms with Gasteiger partial charge in [0.2, 0.25) is 5.91 Å². The molecule has 0 aliphatic carbocycles. The van der Waals surface area contributed by atoms with Crippen LogP contribution in [0.5, 0.6) is 0 Å². The van der Waals surface area contributed by atoms with E-state index in [-0.39, 0.29) is 11.2 Å². The van der Waals surface area contributed by atoms with Crippen LogP contribution in [-0.2, 0) is 36.8 Å². The summed E-state index contributed by atoms with van der Waals surface area (Å²) in [5.41, 5.74) is 11.4. The zero-order valence-electron chi connectivity index (χ0n) is 25.3. The number of nitrogens with one attached hydrogen (secondary N) is 1. The Morgan fingerprint density at radius 3 is 2.31 bits per heavy atom. The Balaban J connectivity index is 1.31. The molecule has 0 bridgehead atoms. The van der Waals surface area contributed by atoms with Crippen LogP contribution in [-0.4, -0.2) is 136 Å². The van der Waals surface area contributed by atoms with E-state index < -0.39 is 83.8 Å². The van der Waals surface area contributed by atoms with Gasteiger partial charge in [-0.1, -0.05) is 0 Å². The standard InChI is InChI=1S/C24H36N8O14P2/c1-12(20(26)37)4-3-7-31(2)23-18(35)16(33)13(44-23)8-42-47(38,39)46-48(40,41)43-9-14-17(34)19(36)24(45-14)32-11-30-15-21(27-6-5-25)28-10-29-22(15)32/h3-4,7,10-11,13-14,16-19,23-24,33-36H,2,5-6,8-9,25H2,1H3,(H4-,26,27,28,29,37,38,39,40,41)/p+1/b7-3-,12-4+/t13-,14+,16?,17?,18?,19?,23-,24+/m1/s1. The number of imidazole rings is 1. The van der Waals surface area contributed by atoms with E-state index in [0.717, 1.165) is 4.58 Å². The van der Waals surface area contributed by atoms with E-state index in [0.29, 0.717) is 24.4 Å². The largest absolute Gasteiger partial charge is 0.481 e. The highest BCUT2D eigenvalue weighted by Crippen LogP contribution is 2.60. The van der Waals surface area contributed by atoms with E-state index in [4.69, 9.17) is 30.0 Å². The number of hydrogen-bond donors (Lipinski definition) is 9. The maximum Gasteiger partial charge on any atom is 0.481 e. The van der Waals surface area contributed by atoms with Crippen molar-refractivity contribution in [3.8, 4) is 0 Å². The summed E-state index contributed by atoms with van der Waals surface area (Å²) in [5.74, 6) is -0.300. The van der Waals surface area contributed by atoms with Gasteiger partial charge in [-0.2, -0.15) is 8.89 Å². The van der Waals surface area contributed by atoms with Crippen molar-refractivity contribution in [2.75, 3.05) is 31.6 Å². The van der Waals surface area contributed by atoms with Gasteiger partial charge in [-0.05, 0) is 13.0 Å². The van der Waals surface area contributed by atoms with E-state index in [1.807, 2.05) is 0 Å². The molecule has 0 radical (unpaired) electrons. The molecule has 2 aromatic heterocycles. The molecule has 2 fully saturated rings. The predicted molar refractivity (Wildman–Crippen MR) is 162 cm³/mol. The number of primary amides is 1. The number of aliphatic hydroxyl groups is 4. The predicted octanol–water partition coefficient (Wildman–Crippen LogP) is -2.83. The Bertz CT molecular complexity index is 1640. The topological polar surface area (TPSA) is 329 Å². The summed E-state index contributed by atoms with van der Waals surface area (Å²) in [7, 11) is -10.8. The van der Waals surface area contributed by atoms with Crippen LogP contribution in [0, 0.1) is 0 Å². The summed E-state index contributed by atoms with van der Waals surface area (Å²) in [6.07, 6.45) is -5.34. The van der Waals surface area contributed by atoms with Gasteiger partial charge in [0.05, 0.1) is 19.5 Å². The van der Waals surface area contributed by atoms with Gasteiger partial charge >= 0.3 is 15.6 Å². The first-order valence-corrected chi connectivity index (χ1v) is 17.1. The molecule has 4 rings (SSSR count). The van der Waals surface area contributed by atoms with Gasteiger partial charge in [0, 0.05) is 24.7 Å². The van der Waals surface area contributed by atoms with Crippen LogP contribution in [0.2, 0.25) is 0 Å². The van der Waals surface area contributed by atoms with Crippen molar-refractivity contribution in [1.82, 2.24) is 19.5 Å². The second-order valence-corrected chi connectivity index (χ2v) is 13.6. The SMILES string of the molecule is C=[N+](/C=C\C=C(/C)C(N)=O)[C@@H]1O[C@H](COP(=O)(O)OP(=O)(O)OC[C@@H]2O[C@H](n3cnc4c(NCCN)ncnc43)C(O)C2O)C(O)C1O. The monoisotopic (exact) mass is 723 g/mol. The molecule has 0 aromatic carbocycles. The Kier molecular flexibility index (Phi) is 12.3. The number of carbonyl (C=O) groups excluding carboxylic acids is 1. The molecule has 22 nitrogen and oxygen atoms in total. The second-order valence-electron chi connectivity index (χ2n) is 10.5. The number of aliphatic hydroxyl groups excluding tert-OH is 4. The van der Waals surface area contributed by atoms with Gasteiger partial charge in [0.25, 0.3) is 6.23 Å². The molecular weight excluding hydrogens is 686 g/mol. The normalized spacial score (nSPS) is 30.5. The lowest BCUT2D eigenvalue weighted by atomic mass is 10.1. The van der Waals surface area contributed by atoms with E-state index in [1.54, 1.807) is 0 Å². The first-order chi connectivity index (χ1) is 22.5. The van der Waals surface area contributed by atoms with Crippen molar-refractivity contribution >= 4 is 45.3 Å². The second kappa shape index (κ2) is 15.7. The number of carbonyl (C=O) groups is 1. The Labute approximate surface area is 272 Å². The average molecular weight is 724 g/mol. The fourth-order valence-electron chi connectivity index (χ4n) is 4.57. The van der Waals surface area contributed by atoms with Crippen molar-refractivity contribution in [3.05, 3.63) is 36.6 Å². The molecule has 1 amide bonds. The number of ether oxygens (including phenoxy) is 2. The minimum atomic E-state index is -5.38. The van der Waals surface area contributed by atoms with Crippen LogP contribution in [0.3, 0.4) is 0 Å². The number of fused-ring (bicyclic) bond motifs is 1. The number of allylic oxidation sites excluding steroid dienone is 2. The van der Waals surface area contributed by atoms with Crippen LogP contribution in [0.25, 0.3) is 11.2 Å². The summed E-state index contributed by atoms with van der Waals surface area (Å²) < 4.78 is 52.2. The van der Waals surface area contributed by atoms with Crippen molar-refractivity contribution in [3.63, 3.8) is 0 Å². The molecular formula is C24H37N8O14P2+. The molecule has 2 aliphatic heterocycles. The minimum Gasteiger partial charge on any atom is -0.387 e. The molecule has 4 heterocycles. The molecule has 0 saturated carbocycles. The molecule has 11 N–H and O–H groups in total. The summed E-state index contributed by atoms with van der Waals surface area (Å²) in [4.78, 5) is 43.7. The number of anilines is 1. The maximum absolute atomic E-state index is 12.5. The number of aromatic nitrogens is 4. The molecule has 266 valence electrons. The van der Waals surface area contributed by atoms with Crippen LogP contribution in [0.15, 0.2) is 36.6 Å². The highest BCUT2D eigenvalue weighted by atomic mass is 31.3. The van der Waals surface area contributed by atoms with Crippen molar-refractivity contribution in [2.45, 2.75) is 56.0 Å². The number of rotatable bonds is 16. The zero-order chi connectivity index (χ0) is 35.4. The third-order valence-electron chi connectivity index (χ3n) is 7.09. The van der Waals surface area contributed by atoms with Gasteiger partial charge in [-0.3, -0.25) is 18.4 Å². The summed E-state index contributed by atoms with van der Waals surface area (Å²) in [6.45, 7) is 4.02. The van der Waals surface area contributed by atoms with E-state index in [2.05, 4.69) is 31.3 Å². The lowest BCUT2D eigenvalue weighted by molar-refractivity contribution is -0.555. The molecule has 0 spiro atoms. The van der Waals surface area contributed by atoms with E-state index in [9.17, 15) is 44.1 Å². The van der Waals surface area contributed by atoms with Gasteiger partial charge in [-0.25, -0.2) is 24.1 Å². The molecule has 2 saturated heterocycles. The highest BCUT2D eigenvalue weighted by Gasteiger charge is 2.50. The summed E-state index contributed by atoms with van der Waals surface area (Å²) in [5, 5.41) is 44.8. The van der Waals surface area contributed by atoms with Crippen LogP contribution in [0.1, 0.15) is 13.2 Å². The number of nitrogens with two attached hydrogens (primary N) is 2. The quantitative estimate of drug-likeness (QED) is 0.0277. The highest BCUT2D eigenvalue weighted by molar-refractivity contribution is 7.61. The van der Waals surface area contributed by atoms with Gasteiger partial charge in [0.1, 0.15) is 43.6 Å². The molecule has 48 heavy (non-hydrogen) atoms. The lowest BCUT2D eigenvalue weighted by Gasteiger charge is -2.20. The fourth-order valence-corrected chi connectivity index (χ4v) is 6.66. The molecule has 2 aliphatic rings. The lowest BCUT2D eigenvalue weighted by Crippen LogP contribution is -2.37. The van der Waals surface area contributed by atoms with Crippen LogP contribution in [0.4, 0.5) is 5.82 Å². The van der Waals surface area contributed by atoms with E-state index >= 15 is 0 Å². The first-order valence-electron chi connectivity index (χ1n) is 14.1. The number of hydrogen-bond acceptors (Lipinski definition) is 17. The van der Waals surface area contributed by atoms with Crippen molar-refractivity contribution in [1.29, 1.82) is 0 Å². The van der Waals surface area contributed by atoms with Crippen LogP contribution >= 0.6 is 15.6 Å². The first kappa shape index (κ1) is 37.8. The summed E-state index contributed by atoms with van der Waals surface area (Å²) >= 11 is 0. The molecule has 6 unspecified atom stereocenters. The molecule has 2 aromatic rings. The number of nitrogens with zero attached hydrogens (tertiary/aromatic N) is 5. The van der Waals surface area contributed by atoms with Crippen molar-refractivity contribution < 1.29 is 71.5 Å². The average Bonchev–Trinajstić information content (AvgIpc) is 3.67. The minimum absolute atomic E-state index is 0.221. The number of amides is 1. The van der Waals surface area contributed by atoms with Crippen molar-refractivity contribution in [2.24, 2.45) is 11.5 Å². The third kappa shape index (κ3) is 8.94. The molecule has 10 atom stereocenters.